The molecule has 6 nitrogen and oxygen atoms in total. The van der Waals surface area contributed by atoms with E-state index in [4.69, 9.17) is 9.47 Å². The summed E-state index contributed by atoms with van der Waals surface area (Å²) >= 11 is 0. The Balaban J connectivity index is 2.13. The first-order valence-corrected chi connectivity index (χ1v) is 9.91. The van der Waals surface area contributed by atoms with Gasteiger partial charge in [-0.25, -0.2) is 0 Å². The zero-order chi connectivity index (χ0) is 21.2. The second-order valence-corrected chi connectivity index (χ2v) is 6.93. The van der Waals surface area contributed by atoms with Crippen molar-refractivity contribution in [3.8, 4) is 11.5 Å². The second-order valence-electron chi connectivity index (χ2n) is 6.93. The molecule has 156 valence electrons. The van der Waals surface area contributed by atoms with E-state index < -0.39 is 0 Å². The number of likely N-dealkylation sites (N-methyl/N-ethyl adjacent to an activating group) is 1. The SMILES string of the molecule is CCCOc1cccc(C(=O)NC(CC)c2ccccc2OCC(=O)N(C)C)c1. The van der Waals surface area contributed by atoms with E-state index in [9.17, 15) is 9.59 Å². The van der Waals surface area contributed by atoms with E-state index in [0.717, 1.165) is 12.0 Å². The number of rotatable bonds is 10. The van der Waals surface area contributed by atoms with Crippen LogP contribution < -0.4 is 14.8 Å². The van der Waals surface area contributed by atoms with E-state index in [1.165, 1.54) is 4.90 Å². The van der Waals surface area contributed by atoms with Crippen molar-refractivity contribution in [3.63, 3.8) is 0 Å². The third-order valence-electron chi connectivity index (χ3n) is 4.43. The zero-order valence-electron chi connectivity index (χ0n) is 17.6. The quantitative estimate of drug-likeness (QED) is 0.661. The third kappa shape index (κ3) is 6.52. The van der Waals surface area contributed by atoms with Gasteiger partial charge in [0.15, 0.2) is 6.61 Å². The maximum absolute atomic E-state index is 12.8. The van der Waals surface area contributed by atoms with Gasteiger partial charge in [0.1, 0.15) is 11.5 Å². The van der Waals surface area contributed by atoms with E-state index in [-0.39, 0.29) is 24.5 Å². The molecular formula is C23H30N2O4. The molecule has 2 aromatic rings. The average Bonchev–Trinajstić information content (AvgIpc) is 2.74. The van der Waals surface area contributed by atoms with Crippen molar-refractivity contribution in [2.75, 3.05) is 27.3 Å². The second kappa shape index (κ2) is 11.1. The predicted molar refractivity (Wildman–Crippen MR) is 113 cm³/mol. The molecule has 1 unspecified atom stereocenters. The minimum absolute atomic E-state index is 0.0504. The van der Waals surface area contributed by atoms with Crippen molar-refractivity contribution in [1.29, 1.82) is 0 Å². The highest BCUT2D eigenvalue weighted by Gasteiger charge is 2.19. The molecule has 2 amide bonds. The Labute approximate surface area is 172 Å². The molecule has 1 atom stereocenters. The van der Waals surface area contributed by atoms with Crippen molar-refractivity contribution in [2.24, 2.45) is 0 Å². The van der Waals surface area contributed by atoms with Crippen LogP contribution in [0.5, 0.6) is 11.5 Å². The lowest BCUT2D eigenvalue weighted by atomic mass is 10.0. The normalized spacial score (nSPS) is 11.4. The smallest absolute Gasteiger partial charge is 0.259 e. The monoisotopic (exact) mass is 398 g/mol. The van der Waals surface area contributed by atoms with Crippen LogP contribution in [0.15, 0.2) is 48.5 Å². The Kier molecular flexibility index (Phi) is 8.52. The molecule has 0 fully saturated rings. The summed E-state index contributed by atoms with van der Waals surface area (Å²) in [7, 11) is 3.37. The number of carbonyl (C=O) groups excluding carboxylic acids is 2. The van der Waals surface area contributed by atoms with Gasteiger partial charge in [-0.1, -0.05) is 38.1 Å². The number of carbonyl (C=O) groups is 2. The number of benzene rings is 2. The van der Waals surface area contributed by atoms with Gasteiger partial charge in [-0.2, -0.15) is 0 Å². The molecule has 2 aromatic carbocycles. The van der Waals surface area contributed by atoms with Gasteiger partial charge in [0.2, 0.25) is 0 Å². The van der Waals surface area contributed by atoms with E-state index in [1.807, 2.05) is 50.2 Å². The first kappa shape index (κ1) is 22.3. The van der Waals surface area contributed by atoms with Gasteiger partial charge in [-0.05, 0) is 37.1 Å². The number of ether oxygens (including phenoxy) is 2. The number of nitrogens with zero attached hydrogens (tertiary/aromatic N) is 1. The predicted octanol–water partition coefficient (Wildman–Crippen LogP) is 3.82. The van der Waals surface area contributed by atoms with E-state index in [1.54, 1.807) is 26.2 Å². The van der Waals surface area contributed by atoms with Crippen LogP contribution in [0.25, 0.3) is 0 Å². The minimum Gasteiger partial charge on any atom is -0.494 e. The van der Waals surface area contributed by atoms with Crippen LogP contribution in [0.4, 0.5) is 0 Å². The number of amides is 2. The fourth-order valence-electron chi connectivity index (χ4n) is 2.76. The fourth-order valence-corrected chi connectivity index (χ4v) is 2.76. The zero-order valence-corrected chi connectivity index (χ0v) is 17.6. The van der Waals surface area contributed by atoms with Gasteiger partial charge in [0.05, 0.1) is 12.6 Å². The van der Waals surface area contributed by atoms with Crippen LogP contribution >= 0.6 is 0 Å². The van der Waals surface area contributed by atoms with Crippen LogP contribution in [-0.2, 0) is 4.79 Å². The summed E-state index contributed by atoms with van der Waals surface area (Å²) < 4.78 is 11.3. The van der Waals surface area contributed by atoms with Gasteiger partial charge < -0.3 is 19.7 Å². The summed E-state index contributed by atoms with van der Waals surface area (Å²) in [6.45, 7) is 4.59. The highest BCUT2D eigenvalue weighted by atomic mass is 16.5. The summed E-state index contributed by atoms with van der Waals surface area (Å²) in [6.07, 6.45) is 1.58. The maximum atomic E-state index is 12.8. The Morgan fingerprint density at radius 3 is 2.48 bits per heavy atom. The topological polar surface area (TPSA) is 67.9 Å². The molecule has 0 aliphatic carbocycles. The van der Waals surface area contributed by atoms with Crippen molar-refractivity contribution in [2.45, 2.75) is 32.7 Å². The van der Waals surface area contributed by atoms with Gasteiger partial charge in [-0.3, -0.25) is 9.59 Å². The van der Waals surface area contributed by atoms with Crippen LogP contribution in [0.2, 0.25) is 0 Å². The molecule has 0 aliphatic rings. The molecule has 0 heterocycles. The van der Waals surface area contributed by atoms with Crippen molar-refractivity contribution in [1.82, 2.24) is 10.2 Å². The van der Waals surface area contributed by atoms with E-state index in [0.29, 0.717) is 30.1 Å². The van der Waals surface area contributed by atoms with E-state index >= 15 is 0 Å². The first-order valence-electron chi connectivity index (χ1n) is 9.91. The highest BCUT2D eigenvalue weighted by Crippen LogP contribution is 2.28. The van der Waals surface area contributed by atoms with Crippen LogP contribution in [0, 0.1) is 0 Å². The summed E-state index contributed by atoms with van der Waals surface area (Å²) in [5, 5.41) is 3.06. The van der Waals surface area contributed by atoms with Crippen molar-refractivity contribution >= 4 is 11.8 Å². The molecule has 29 heavy (non-hydrogen) atoms. The molecule has 6 heteroatoms. The summed E-state index contributed by atoms with van der Waals surface area (Å²) in [6, 6.07) is 14.4. The number of hydrogen-bond donors (Lipinski definition) is 1. The lowest BCUT2D eigenvalue weighted by Crippen LogP contribution is -2.30. The molecule has 0 aliphatic heterocycles. The van der Waals surface area contributed by atoms with Crippen LogP contribution in [0.1, 0.15) is 48.7 Å². The van der Waals surface area contributed by atoms with Crippen molar-refractivity contribution < 1.29 is 19.1 Å². The molecule has 0 saturated heterocycles. The van der Waals surface area contributed by atoms with Crippen molar-refractivity contribution in [3.05, 3.63) is 59.7 Å². The Bertz CT molecular complexity index is 820. The number of hydrogen-bond acceptors (Lipinski definition) is 4. The summed E-state index contributed by atoms with van der Waals surface area (Å²) in [5.41, 5.74) is 1.38. The molecule has 0 radical (unpaired) electrons. The lowest BCUT2D eigenvalue weighted by molar-refractivity contribution is -0.130. The molecule has 0 spiro atoms. The molecule has 0 bridgehead atoms. The Hall–Kier alpha value is -3.02. The molecule has 0 saturated carbocycles. The standard InChI is InChI=1S/C23H30N2O4/c1-5-14-28-18-11-9-10-17(15-18)23(27)24-20(6-2)19-12-7-8-13-21(19)29-16-22(26)25(3)4/h7-13,15,20H,5-6,14,16H2,1-4H3,(H,24,27). The molecule has 0 aromatic heterocycles. The number of nitrogens with one attached hydrogen (secondary N) is 1. The van der Waals surface area contributed by atoms with Gasteiger partial charge in [0, 0.05) is 25.2 Å². The third-order valence-corrected chi connectivity index (χ3v) is 4.43. The fraction of sp³-hybridized carbons (Fsp3) is 0.391. The summed E-state index contributed by atoms with van der Waals surface area (Å²) in [4.78, 5) is 26.1. The summed E-state index contributed by atoms with van der Waals surface area (Å²) in [5.74, 6) is 0.965. The highest BCUT2D eigenvalue weighted by molar-refractivity contribution is 5.94. The van der Waals surface area contributed by atoms with Gasteiger partial charge >= 0.3 is 0 Å². The maximum Gasteiger partial charge on any atom is 0.259 e. The van der Waals surface area contributed by atoms with Gasteiger partial charge in [-0.15, -0.1) is 0 Å². The lowest BCUT2D eigenvalue weighted by Gasteiger charge is -2.21. The minimum atomic E-state index is -0.242. The molecule has 1 N–H and O–H groups in total. The average molecular weight is 399 g/mol. The number of para-hydroxylation sites is 1. The van der Waals surface area contributed by atoms with Crippen LogP contribution in [-0.4, -0.2) is 44.0 Å². The van der Waals surface area contributed by atoms with Crippen LogP contribution in [0.3, 0.4) is 0 Å². The Morgan fingerprint density at radius 1 is 1.03 bits per heavy atom. The molecule has 2 rings (SSSR count). The largest absolute Gasteiger partial charge is 0.494 e. The first-order chi connectivity index (χ1) is 14.0. The molecular weight excluding hydrogens is 368 g/mol. The Morgan fingerprint density at radius 2 is 1.79 bits per heavy atom. The van der Waals surface area contributed by atoms with E-state index in [2.05, 4.69) is 5.32 Å². The van der Waals surface area contributed by atoms with Gasteiger partial charge in [0.25, 0.3) is 11.8 Å².